The number of rotatable bonds is 5. The molecule has 1 aliphatic rings. The molecule has 112 valence electrons. The molecule has 1 aromatic rings. The molecule has 1 saturated heterocycles. The van der Waals surface area contributed by atoms with Crippen LogP contribution in [0.2, 0.25) is 0 Å². The largest absolute Gasteiger partial charge is 0.477 e. The first kappa shape index (κ1) is 15.5. The number of aromatic carboxylic acids is 1. The van der Waals surface area contributed by atoms with Gasteiger partial charge >= 0.3 is 5.97 Å². The molecule has 0 aromatic carbocycles. The Kier molecular flexibility index (Phi) is 4.22. The van der Waals surface area contributed by atoms with Crippen molar-refractivity contribution >= 4 is 27.3 Å². The van der Waals surface area contributed by atoms with E-state index in [1.54, 1.807) is 0 Å². The van der Waals surface area contributed by atoms with E-state index in [0.29, 0.717) is 13.1 Å². The van der Waals surface area contributed by atoms with Crippen molar-refractivity contribution in [3.63, 3.8) is 0 Å². The number of hydrogen-bond acceptors (Lipinski definition) is 4. The fourth-order valence-corrected chi connectivity index (χ4v) is 5.48. The van der Waals surface area contributed by atoms with Crippen LogP contribution in [-0.2, 0) is 10.0 Å². The summed E-state index contributed by atoms with van der Waals surface area (Å²) < 4.78 is 26.7. The molecule has 1 aliphatic heterocycles. The lowest BCUT2D eigenvalue weighted by Crippen LogP contribution is -2.31. The Labute approximate surface area is 123 Å². The predicted octanol–water partition coefficient (Wildman–Crippen LogP) is 2.65. The van der Waals surface area contributed by atoms with Crippen molar-refractivity contribution < 1.29 is 18.3 Å². The molecule has 1 fully saturated rings. The van der Waals surface area contributed by atoms with Crippen molar-refractivity contribution in [1.29, 1.82) is 0 Å². The summed E-state index contributed by atoms with van der Waals surface area (Å²) in [6.07, 6.45) is 2.79. The first-order chi connectivity index (χ1) is 9.34. The predicted molar refractivity (Wildman–Crippen MR) is 77.7 cm³/mol. The van der Waals surface area contributed by atoms with Gasteiger partial charge in [-0.05, 0) is 36.8 Å². The molecule has 0 spiro atoms. The quantitative estimate of drug-likeness (QED) is 0.906. The molecule has 0 unspecified atom stereocenters. The lowest BCUT2D eigenvalue weighted by atomic mass is 9.82. The Bertz CT molecular complexity index is 602. The summed E-state index contributed by atoms with van der Waals surface area (Å²) in [5, 5.41) is 8.89. The van der Waals surface area contributed by atoms with Gasteiger partial charge in [0.2, 0.25) is 0 Å². The van der Waals surface area contributed by atoms with E-state index in [2.05, 4.69) is 13.8 Å². The Morgan fingerprint density at radius 1 is 1.40 bits per heavy atom. The molecule has 0 aliphatic carbocycles. The van der Waals surface area contributed by atoms with E-state index < -0.39 is 16.0 Å². The number of carboxylic acids is 1. The minimum absolute atomic E-state index is 0.0556. The van der Waals surface area contributed by atoms with Crippen LogP contribution in [0.1, 0.15) is 42.8 Å². The SMILES string of the molecule is CCC1(CC)CCN(S(=O)(=O)c2ccc(C(=O)O)s2)C1. The first-order valence-corrected chi connectivity index (χ1v) is 8.93. The van der Waals surface area contributed by atoms with Crippen LogP contribution in [0.25, 0.3) is 0 Å². The van der Waals surface area contributed by atoms with Gasteiger partial charge in [0.1, 0.15) is 9.09 Å². The van der Waals surface area contributed by atoms with E-state index >= 15 is 0 Å². The smallest absolute Gasteiger partial charge is 0.345 e. The topological polar surface area (TPSA) is 74.7 Å². The second kappa shape index (κ2) is 5.46. The molecular formula is C13H19NO4S2. The second-order valence-electron chi connectivity index (χ2n) is 5.22. The Morgan fingerprint density at radius 2 is 2.05 bits per heavy atom. The fourth-order valence-electron chi connectivity index (χ4n) is 2.63. The number of sulfonamides is 1. The highest BCUT2D eigenvalue weighted by Gasteiger charge is 2.41. The van der Waals surface area contributed by atoms with Gasteiger partial charge in [0.25, 0.3) is 10.0 Å². The third-order valence-corrected chi connectivity index (χ3v) is 7.68. The zero-order valence-corrected chi connectivity index (χ0v) is 13.3. The Balaban J connectivity index is 2.25. The average Bonchev–Trinajstić information content (AvgIpc) is 3.07. The maximum absolute atomic E-state index is 12.5. The van der Waals surface area contributed by atoms with Gasteiger partial charge in [-0.2, -0.15) is 4.31 Å². The highest BCUT2D eigenvalue weighted by atomic mass is 32.2. The molecule has 0 bridgehead atoms. The van der Waals surface area contributed by atoms with Crippen LogP contribution >= 0.6 is 11.3 Å². The number of hydrogen-bond donors (Lipinski definition) is 1. The van der Waals surface area contributed by atoms with Gasteiger partial charge in [-0.25, -0.2) is 13.2 Å². The minimum atomic E-state index is -3.55. The van der Waals surface area contributed by atoms with Gasteiger partial charge in [0.05, 0.1) is 0 Å². The molecule has 0 amide bonds. The van der Waals surface area contributed by atoms with Gasteiger partial charge in [-0.3, -0.25) is 0 Å². The van der Waals surface area contributed by atoms with Gasteiger partial charge < -0.3 is 5.11 Å². The van der Waals surface area contributed by atoms with Gasteiger partial charge in [0.15, 0.2) is 0 Å². The molecule has 0 radical (unpaired) electrons. The third kappa shape index (κ3) is 2.62. The van der Waals surface area contributed by atoms with Crippen molar-refractivity contribution in [2.45, 2.75) is 37.3 Å². The summed E-state index contributed by atoms with van der Waals surface area (Å²) in [5.41, 5.74) is 0.0694. The Morgan fingerprint density at radius 3 is 2.50 bits per heavy atom. The highest BCUT2D eigenvalue weighted by molar-refractivity contribution is 7.91. The summed E-state index contributed by atoms with van der Waals surface area (Å²) in [5.74, 6) is -1.09. The highest BCUT2D eigenvalue weighted by Crippen LogP contribution is 2.40. The third-order valence-electron chi connectivity index (χ3n) is 4.29. The maximum Gasteiger partial charge on any atom is 0.345 e. The number of carbonyl (C=O) groups is 1. The zero-order valence-electron chi connectivity index (χ0n) is 11.6. The normalized spacial score (nSPS) is 19.3. The fraction of sp³-hybridized carbons (Fsp3) is 0.615. The monoisotopic (exact) mass is 317 g/mol. The van der Waals surface area contributed by atoms with E-state index in [0.717, 1.165) is 30.6 Å². The lowest BCUT2D eigenvalue weighted by Gasteiger charge is -2.26. The molecule has 0 saturated carbocycles. The minimum Gasteiger partial charge on any atom is -0.477 e. The van der Waals surface area contributed by atoms with Crippen molar-refractivity contribution in [3.8, 4) is 0 Å². The van der Waals surface area contributed by atoms with Crippen LogP contribution < -0.4 is 0 Å². The van der Waals surface area contributed by atoms with E-state index in [-0.39, 0.29) is 14.5 Å². The molecule has 20 heavy (non-hydrogen) atoms. The molecule has 2 rings (SSSR count). The van der Waals surface area contributed by atoms with E-state index in [4.69, 9.17) is 5.11 Å². The van der Waals surface area contributed by atoms with E-state index in [1.807, 2.05) is 0 Å². The standard InChI is InChI=1S/C13H19NO4S2/c1-3-13(4-2)7-8-14(9-13)20(17,18)11-6-5-10(19-11)12(15)16/h5-6H,3-4,7-9H2,1-2H3,(H,15,16). The van der Waals surface area contributed by atoms with Crippen LogP contribution in [-0.4, -0.2) is 36.9 Å². The van der Waals surface area contributed by atoms with Crippen LogP contribution in [0, 0.1) is 5.41 Å². The van der Waals surface area contributed by atoms with Gasteiger partial charge in [0, 0.05) is 13.1 Å². The van der Waals surface area contributed by atoms with Crippen molar-refractivity contribution in [2.24, 2.45) is 5.41 Å². The molecule has 5 nitrogen and oxygen atoms in total. The van der Waals surface area contributed by atoms with Crippen molar-refractivity contribution in [1.82, 2.24) is 4.31 Å². The summed E-state index contributed by atoms with van der Waals surface area (Å²) in [6.45, 7) is 5.23. The molecule has 2 heterocycles. The molecule has 7 heteroatoms. The average molecular weight is 317 g/mol. The lowest BCUT2D eigenvalue weighted by molar-refractivity contribution is 0.0702. The van der Waals surface area contributed by atoms with Crippen LogP contribution in [0.3, 0.4) is 0 Å². The molecular weight excluding hydrogens is 298 g/mol. The number of nitrogens with zero attached hydrogens (tertiary/aromatic N) is 1. The first-order valence-electron chi connectivity index (χ1n) is 6.68. The Hall–Kier alpha value is -0.920. The molecule has 0 atom stereocenters. The summed E-state index contributed by atoms with van der Waals surface area (Å²) >= 11 is 0.821. The summed E-state index contributed by atoms with van der Waals surface area (Å²) in [4.78, 5) is 10.9. The van der Waals surface area contributed by atoms with Crippen molar-refractivity contribution in [3.05, 3.63) is 17.0 Å². The number of carboxylic acid groups (broad SMARTS) is 1. The maximum atomic E-state index is 12.5. The van der Waals surface area contributed by atoms with E-state index in [1.165, 1.54) is 16.4 Å². The molecule has 1 aromatic heterocycles. The van der Waals surface area contributed by atoms with Crippen LogP contribution in [0.4, 0.5) is 0 Å². The van der Waals surface area contributed by atoms with E-state index in [9.17, 15) is 13.2 Å². The van der Waals surface area contributed by atoms with Gasteiger partial charge in [-0.1, -0.05) is 13.8 Å². The summed E-state index contributed by atoms with van der Waals surface area (Å²) in [6, 6.07) is 2.74. The zero-order chi connectivity index (χ0) is 15.0. The van der Waals surface area contributed by atoms with Crippen LogP contribution in [0.5, 0.6) is 0 Å². The second-order valence-corrected chi connectivity index (χ2v) is 8.47. The van der Waals surface area contributed by atoms with Crippen molar-refractivity contribution in [2.75, 3.05) is 13.1 Å². The summed E-state index contributed by atoms with van der Waals surface area (Å²) in [7, 11) is -3.55. The van der Waals surface area contributed by atoms with Crippen LogP contribution in [0.15, 0.2) is 16.3 Å². The van der Waals surface area contributed by atoms with Gasteiger partial charge in [-0.15, -0.1) is 11.3 Å². The molecule has 1 N–H and O–H groups in total. The number of thiophene rings is 1.